The van der Waals surface area contributed by atoms with Gasteiger partial charge in [0.05, 0.1) is 11.8 Å². The fourth-order valence-corrected chi connectivity index (χ4v) is 2.54. The number of rotatable bonds is 4. The van der Waals surface area contributed by atoms with Gasteiger partial charge in [-0.25, -0.2) is 4.39 Å². The van der Waals surface area contributed by atoms with Crippen molar-refractivity contribution < 1.29 is 9.13 Å². The van der Waals surface area contributed by atoms with E-state index in [0.29, 0.717) is 5.69 Å². The first-order chi connectivity index (χ1) is 8.45. The molecule has 1 fully saturated rings. The summed E-state index contributed by atoms with van der Waals surface area (Å²) in [4.78, 5) is 0. The summed E-state index contributed by atoms with van der Waals surface area (Å²) in [7, 11) is 0. The Hall–Kier alpha value is -1.09. The van der Waals surface area contributed by atoms with E-state index >= 15 is 0 Å². The van der Waals surface area contributed by atoms with E-state index in [0.717, 1.165) is 18.6 Å². The lowest BCUT2D eigenvalue weighted by Crippen LogP contribution is -2.58. The molecule has 2 nitrogen and oxygen atoms in total. The molecule has 1 aromatic rings. The van der Waals surface area contributed by atoms with Crippen LogP contribution in [0.5, 0.6) is 0 Å². The van der Waals surface area contributed by atoms with Gasteiger partial charge >= 0.3 is 0 Å². The van der Waals surface area contributed by atoms with E-state index in [9.17, 15) is 4.39 Å². The van der Waals surface area contributed by atoms with Crippen LogP contribution in [-0.4, -0.2) is 18.8 Å². The fraction of sp³-hybridized carbons (Fsp3) is 0.600. The van der Waals surface area contributed by atoms with Crippen molar-refractivity contribution in [1.82, 2.24) is 0 Å². The number of benzene rings is 1. The normalized spacial score (nSPS) is 25.6. The van der Waals surface area contributed by atoms with Crippen LogP contribution in [-0.2, 0) is 4.74 Å². The monoisotopic (exact) mass is 251 g/mol. The summed E-state index contributed by atoms with van der Waals surface area (Å²) < 4.78 is 19.5. The fourth-order valence-electron chi connectivity index (χ4n) is 2.54. The van der Waals surface area contributed by atoms with Crippen LogP contribution in [0.25, 0.3) is 0 Å². The van der Waals surface area contributed by atoms with Crippen molar-refractivity contribution in [1.29, 1.82) is 0 Å². The number of hydrogen-bond acceptors (Lipinski definition) is 2. The molecule has 0 aliphatic heterocycles. The largest absolute Gasteiger partial charge is 0.379 e. The van der Waals surface area contributed by atoms with Gasteiger partial charge < -0.3 is 10.1 Å². The Kier molecular flexibility index (Phi) is 3.62. The lowest BCUT2D eigenvalue weighted by atomic mass is 9.64. The number of aryl methyl sites for hydroxylation is 1. The second-order valence-corrected chi connectivity index (χ2v) is 5.68. The Bertz CT molecular complexity index is 431. The van der Waals surface area contributed by atoms with Gasteiger partial charge in [0.2, 0.25) is 0 Å². The highest BCUT2D eigenvalue weighted by Gasteiger charge is 2.49. The molecule has 0 heterocycles. The van der Waals surface area contributed by atoms with E-state index in [-0.39, 0.29) is 23.4 Å². The minimum Gasteiger partial charge on any atom is -0.379 e. The number of nitrogens with one attached hydrogen (secondary N) is 1. The van der Waals surface area contributed by atoms with Gasteiger partial charge in [-0.1, -0.05) is 19.9 Å². The smallest absolute Gasteiger partial charge is 0.146 e. The molecular weight excluding hydrogens is 229 g/mol. The van der Waals surface area contributed by atoms with Crippen LogP contribution in [0.2, 0.25) is 0 Å². The van der Waals surface area contributed by atoms with Gasteiger partial charge in [-0.2, -0.15) is 0 Å². The third kappa shape index (κ3) is 2.37. The van der Waals surface area contributed by atoms with Gasteiger partial charge in [0.25, 0.3) is 0 Å². The third-order valence-corrected chi connectivity index (χ3v) is 4.00. The molecule has 3 heteroatoms. The number of ether oxygens (including phenoxy) is 1. The molecule has 1 aliphatic rings. The Morgan fingerprint density at radius 1 is 1.44 bits per heavy atom. The summed E-state index contributed by atoms with van der Waals surface area (Å²) in [5.74, 6) is -0.175. The molecule has 2 atom stereocenters. The quantitative estimate of drug-likeness (QED) is 0.880. The first kappa shape index (κ1) is 13.3. The average Bonchev–Trinajstić information content (AvgIpc) is 2.30. The Labute approximate surface area is 109 Å². The first-order valence-corrected chi connectivity index (χ1v) is 6.59. The van der Waals surface area contributed by atoms with Crippen LogP contribution in [0.4, 0.5) is 10.1 Å². The van der Waals surface area contributed by atoms with Crippen molar-refractivity contribution in [3.63, 3.8) is 0 Å². The SMILES string of the molecule is CCOC1CC(Nc2ccc(C)cc2F)C1(C)C. The van der Waals surface area contributed by atoms with Crippen molar-refractivity contribution in [3.8, 4) is 0 Å². The molecular formula is C15H22FNO. The molecule has 2 rings (SSSR count). The maximum Gasteiger partial charge on any atom is 0.146 e. The summed E-state index contributed by atoms with van der Waals surface area (Å²) in [6.07, 6.45) is 1.21. The van der Waals surface area contributed by atoms with Crippen LogP contribution in [0.1, 0.15) is 32.8 Å². The van der Waals surface area contributed by atoms with Crippen LogP contribution in [0.3, 0.4) is 0 Å². The summed E-state index contributed by atoms with van der Waals surface area (Å²) >= 11 is 0. The second kappa shape index (κ2) is 4.88. The van der Waals surface area contributed by atoms with Crippen molar-refractivity contribution in [2.45, 2.75) is 46.3 Å². The van der Waals surface area contributed by atoms with Crippen LogP contribution in [0, 0.1) is 18.2 Å². The van der Waals surface area contributed by atoms with Crippen molar-refractivity contribution in [2.75, 3.05) is 11.9 Å². The van der Waals surface area contributed by atoms with Gasteiger partial charge in [-0.3, -0.25) is 0 Å². The topological polar surface area (TPSA) is 21.3 Å². The first-order valence-electron chi connectivity index (χ1n) is 6.59. The maximum atomic E-state index is 13.8. The summed E-state index contributed by atoms with van der Waals surface area (Å²) in [6.45, 7) is 8.97. The Morgan fingerprint density at radius 3 is 2.72 bits per heavy atom. The standard InChI is InChI=1S/C15H22FNO/c1-5-18-14-9-13(15(14,3)4)17-12-7-6-10(2)8-11(12)16/h6-8,13-14,17H,5,9H2,1-4H3. The molecule has 0 amide bonds. The lowest BCUT2D eigenvalue weighted by Gasteiger charge is -2.52. The second-order valence-electron chi connectivity index (χ2n) is 5.68. The molecule has 2 unspecified atom stereocenters. The van der Waals surface area contributed by atoms with Crippen molar-refractivity contribution >= 4 is 5.69 Å². The molecule has 1 aliphatic carbocycles. The van der Waals surface area contributed by atoms with Gasteiger partial charge in [-0.05, 0) is 38.0 Å². The highest BCUT2D eigenvalue weighted by atomic mass is 19.1. The predicted molar refractivity (Wildman–Crippen MR) is 72.4 cm³/mol. The zero-order valence-electron chi connectivity index (χ0n) is 11.6. The number of hydrogen-bond donors (Lipinski definition) is 1. The van der Waals surface area contributed by atoms with Gasteiger partial charge in [0, 0.05) is 18.1 Å². The molecule has 0 bridgehead atoms. The van der Waals surface area contributed by atoms with E-state index in [1.54, 1.807) is 6.07 Å². The molecule has 1 aromatic carbocycles. The molecule has 1 N–H and O–H groups in total. The minimum absolute atomic E-state index is 0.0489. The van der Waals surface area contributed by atoms with E-state index < -0.39 is 0 Å². The highest BCUT2D eigenvalue weighted by Crippen LogP contribution is 2.44. The maximum absolute atomic E-state index is 13.8. The van der Waals surface area contributed by atoms with Crippen LogP contribution >= 0.6 is 0 Å². The van der Waals surface area contributed by atoms with E-state index in [1.165, 1.54) is 0 Å². The molecule has 0 spiro atoms. The zero-order valence-corrected chi connectivity index (χ0v) is 11.6. The van der Waals surface area contributed by atoms with E-state index in [4.69, 9.17) is 4.74 Å². The predicted octanol–water partition coefficient (Wildman–Crippen LogP) is 3.75. The molecule has 18 heavy (non-hydrogen) atoms. The Morgan fingerprint density at radius 2 is 2.17 bits per heavy atom. The van der Waals surface area contributed by atoms with Crippen LogP contribution < -0.4 is 5.32 Å². The van der Waals surface area contributed by atoms with E-state index in [2.05, 4.69) is 19.2 Å². The third-order valence-electron chi connectivity index (χ3n) is 4.00. The average molecular weight is 251 g/mol. The molecule has 0 saturated heterocycles. The van der Waals surface area contributed by atoms with E-state index in [1.807, 2.05) is 26.0 Å². The molecule has 0 radical (unpaired) electrons. The van der Waals surface area contributed by atoms with Crippen LogP contribution in [0.15, 0.2) is 18.2 Å². The van der Waals surface area contributed by atoms with Gasteiger partial charge in [0.1, 0.15) is 5.82 Å². The minimum atomic E-state index is -0.175. The molecule has 100 valence electrons. The van der Waals surface area contributed by atoms with Gasteiger partial charge in [0.15, 0.2) is 0 Å². The molecule has 0 aromatic heterocycles. The highest BCUT2D eigenvalue weighted by molar-refractivity contribution is 5.48. The summed E-state index contributed by atoms with van der Waals surface area (Å²) in [5, 5.41) is 3.30. The Balaban J connectivity index is 2.03. The van der Waals surface area contributed by atoms with Gasteiger partial charge in [-0.15, -0.1) is 0 Å². The van der Waals surface area contributed by atoms with Crippen molar-refractivity contribution in [3.05, 3.63) is 29.6 Å². The van der Waals surface area contributed by atoms with Crippen molar-refractivity contribution in [2.24, 2.45) is 5.41 Å². The molecule has 1 saturated carbocycles. The zero-order chi connectivity index (χ0) is 13.3. The lowest BCUT2D eigenvalue weighted by molar-refractivity contribution is -0.0976. The number of anilines is 1. The summed E-state index contributed by atoms with van der Waals surface area (Å²) in [5.41, 5.74) is 1.58. The summed E-state index contributed by atoms with van der Waals surface area (Å²) in [6, 6.07) is 5.58. The number of halogens is 1.